The zero-order valence-corrected chi connectivity index (χ0v) is 11.6. The van der Waals surface area contributed by atoms with Crippen LogP contribution in [0.25, 0.3) is 0 Å². The number of anilines is 1. The molecular weight excluding hydrogens is 278 g/mol. The number of nitrogens with one attached hydrogen (secondary N) is 3. The van der Waals surface area contributed by atoms with Gasteiger partial charge >= 0.3 is 12.0 Å². The summed E-state index contributed by atoms with van der Waals surface area (Å²) in [5, 5.41) is 7.22. The summed E-state index contributed by atoms with van der Waals surface area (Å²) in [7, 11) is 0. The molecule has 0 bridgehead atoms. The molecule has 0 saturated carbocycles. The highest BCUT2D eigenvalue weighted by atomic mass is 16.5. The van der Waals surface area contributed by atoms with E-state index in [1.807, 2.05) is 5.32 Å². The Balaban J connectivity index is 2.13. The molecule has 0 radical (unpaired) electrons. The van der Waals surface area contributed by atoms with Gasteiger partial charge in [0.15, 0.2) is 6.61 Å². The number of carbonyl (C=O) groups excluding carboxylic acids is 3. The minimum Gasteiger partial charge on any atom is -0.456 e. The van der Waals surface area contributed by atoms with E-state index in [1.165, 1.54) is 0 Å². The van der Waals surface area contributed by atoms with Gasteiger partial charge in [0.1, 0.15) is 0 Å². The third-order valence-corrected chi connectivity index (χ3v) is 2.13. The smallest absolute Gasteiger partial charge is 0.321 e. The van der Waals surface area contributed by atoms with Gasteiger partial charge in [0.25, 0.3) is 5.91 Å². The number of aromatic nitrogens is 2. The van der Waals surface area contributed by atoms with Gasteiger partial charge in [0.05, 0.1) is 6.42 Å². The number of nitrogens with zero attached hydrogens (tertiary/aromatic N) is 2. The fourth-order valence-corrected chi connectivity index (χ4v) is 1.25. The molecule has 0 aliphatic carbocycles. The Morgan fingerprint density at radius 1 is 1.24 bits per heavy atom. The minimum absolute atomic E-state index is 0.0483. The van der Waals surface area contributed by atoms with Gasteiger partial charge < -0.3 is 15.4 Å². The van der Waals surface area contributed by atoms with Crippen molar-refractivity contribution in [3.05, 3.63) is 18.5 Å². The lowest BCUT2D eigenvalue weighted by Gasteiger charge is -2.06. The van der Waals surface area contributed by atoms with E-state index in [4.69, 9.17) is 4.74 Å². The van der Waals surface area contributed by atoms with E-state index in [1.54, 1.807) is 25.4 Å². The molecule has 3 N–H and O–H groups in total. The lowest BCUT2D eigenvalue weighted by atomic mass is 10.4. The Bertz CT molecular complexity index is 480. The number of esters is 1. The first-order valence-corrected chi connectivity index (χ1v) is 6.36. The molecule has 1 aromatic heterocycles. The van der Waals surface area contributed by atoms with E-state index in [0.717, 1.165) is 0 Å². The molecule has 1 rings (SSSR count). The van der Waals surface area contributed by atoms with Crippen molar-refractivity contribution in [1.82, 2.24) is 20.6 Å². The highest BCUT2D eigenvalue weighted by Gasteiger charge is 2.10. The molecule has 0 aliphatic heterocycles. The summed E-state index contributed by atoms with van der Waals surface area (Å²) in [6.07, 6.45) is 3.19. The molecule has 0 fully saturated rings. The second-order valence-electron chi connectivity index (χ2n) is 3.82. The van der Waals surface area contributed by atoms with Gasteiger partial charge in [-0.1, -0.05) is 0 Å². The van der Waals surface area contributed by atoms with Crippen molar-refractivity contribution in [1.29, 1.82) is 0 Å². The summed E-state index contributed by atoms with van der Waals surface area (Å²) in [5.74, 6) is -0.850. The van der Waals surface area contributed by atoms with Crippen molar-refractivity contribution in [2.24, 2.45) is 0 Å². The van der Waals surface area contributed by atoms with Crippen molar-refractivity contribution in [2.45, 2.75) is 13.3 Å². The van der Waals surface area contributed by atoms with Gasteiger partial charge in [-0.3, -0.25) is 14.9 Å². The van der Waals surface area contributed by atoms with Crippen LogP contribution in [0.5, 0.6) is 0 Å². The Kier molecular flexibility index (Phi) is 7.19. The molecule has 1 aromatic rings. The minimum atomic E-state index is -0.686. The summed E-state index contributed by atoms with van der Waals surface area (Å²) in [5.41, 5.74) is 0. The third kappa shape index (κ3) is 7.45. The molecule has 0 unspecified atom stereocenters. The van der Waals surface area contributed by atoms with Gasteiger partial charge in [-0.15, -0.1) is 0 Å². The van der Waals surface area contributed by atoms with Gasteiger partial charge in [-0.25, -0.2) is 14.8 Å². The van der Waals surface area contributed by atoms with Crippen LogP contribution in [-0.4, -0.2) is 47.6 Å². The number of carbonyl (C=O) groups is 3. The summed E-state index contributed by atoms with van der Waals surface area (Å²) in [4.78, 5) is 41.5. The van der Waals surface area contributed by atoms with Crippen LogP contribution in [-0.2, 0) is 14.3 Å². The number of hydrogen-bond acceptors (Lipinski definition) is 7. The lowest BCUT2D eigenvalue weighted by Crippen LogP contribution is -2.41. The molecule has 21 heavy (non-hydrogen) atoms. The highest BCUT2D eigenvalue weighted by Crippen LogP contribution is 1.95. The fraction of sp³-hybridized carbons (Fsp3) is 0.417. The monoisotopic (exact) mass is 295 g/mol. The van der Waals surface area contributed by atoms with E-state index >= 15 is 0 Å². The van der Waals surface area contributed by atoms with Crippen LogP contribution in [0.3, 0.4) is 0 Å². The molecular formula is C12H17N5O4. The fourth-order valence-electron chi connectivity index (χ4n) is 1.25. The number of ether oxygens (including phenoxy) is 1. The van der Waals surface area contributed by atoms with Crippen LogP contribution in [0.4, 0.5) is 10.7 Å². The number of amides is 3. The largest absolute Gasteiger partial charge is 0.456 e. The van der Waals surface area contributed by atoms with Crippen LogP contribution in [0.1, 0.15) is 13.3 Å². The van der Waals surface area contributed by atoms with Crippen molar-refractivity contribution >= 4 is 23.9 Å². The Morgan fingerprint density at radius 3 is 2.62 bits per heavy atom. The molecule has 9 heteroatoms. The quantitative estimate of drug-likeness (QED) is 0.588. The molecule has 9 nitrogen and oxygen atoms in total. The third-order valence-electron chi connectivity index (χ3n) is 2.13. The summed E-state index contributed by atoms with van der Waals surface area (Å²) in [6.45, 7) is 1.89. The first kappa shape index (κ1) is 16.3. The summed E-state index contributed by atoms with van der Waals surface area (Å²) in [6, 6.07) is 1.05. The summed E-state index contributed by atoms with van der Waals surface area (Å²) < 4.78 is 4.71. The predicted octanol–water partition coefficient (Wildman–Crippen LogP) is -0.332. The average Bonchev–Trinajstić information content (AvgIpc) is 2.46. The first-order chi connectivity index (χ1) is 10.1. The lowest BCUT2D eigenvalue weighted by molar-refractivity contribution is -0.148. The molecule has 0 aliphatic rings. The Morgan fingerprint density at radius 2 is 1.95 bits per heavy atom. The average molecular weight is 295 g/mol. The molecule has 0 aromatic carbocycles. The number of urea groups is 1. The predicted molar refractivity (Wildman–Crippen MR) is 73.3 cm³/mol. The second-order valence-corrected chi connectivity index (χ2v) is 3.82. The Labute approximate surface area is 121 Å². The van der Waals surface area contributed by atoms with Crippen molar-refractivity contribution in [3.8, 4) is 0 Å². The molecule has 1 heterocycles. The maximum Gasteiger partial charge on any atom is 0.321 e. The maximum atomic E-state index is 11.4. The first-order valence-electron chi connectivity index (χ1n) is 6.36. The molecule has 0 spiro atoms. The highest BCUT2D eigenvalue weighted by molar-refractivity contribution is 5.95. The topological polar surface area (TPSA) is 122 Å². The van der Waals surface area contributed by atoms with Crippen molar-refractivity contribution in [2.75, 3.05) is 25.0 Å². The zero-order valence-electron chi connectivity index (χ0n) is 11.6. The van der Waals surface area contributed by atoms with Gasteiger partial charge in [-0.2, -0.15) is 0 Å². The van der Waals surface area contributed by atoms with Crippen LogP contribution in [0, 0.1) is 0 Å². The van der Waals surface area contributed by atoms with Crippen LogP contribution >= 0.6 is 0 Å². The van der Waals surface area contributed by atoms with Gasteiger partial charge in [-0.05, 0) is 13.0 Å². The Hall–Kier alpha value is -2.71. The maximum absolute atomic E-state index is 11.4. The van der Waals surface area contributed by atoms with E-state index in [2.05, 4.69) is 20.6 Å². The standard InChI is InChI=1S/C12H17N5O4/c1-2-13-12(20)17-9(18)8-21-10(19)4-7-16-11-14-5-3-6-15-11/h3,5-6H,2,4,7-8H2,1H3,(H,14,15,16)(H2,13,17,18,20). The van der Waals surface area contributed by atoms with E-state index in [0.29, 0.717) is 12.5 Å². The van der Waals surface area contributed by atoms with Crippen LogP contribution in [0.15, 0.2) is 18.5 Å². The number of rotatable bonds is 7. The number of hydrogen-bond donors (Lipinski definition) is 3. The molecule has 0 saturated heterocycles. The molecule has 0 atom stereocenters. The van der Waals surface area contributed by atoms with E-state index < -0.39 is 24.5 Å². The second kappa shape index (κ2) is 9.23. The number of imide groups is 1. The van der Waals surface area contributed by atoms with Gasteiger partial charge in [0.2, 0.25) is 5.95 Å². The summed E-state index contributed by atoms with van der Waals surface area (Å²) >= 11 is 0. The molecule has 114 valence electrons. The van der Waals surface area contributed by atoms with Crippen LogP contribution < -0.4 is 16.0 Å². The zero-order chi connectivity index (χ0) is 15.5. The van der Waals surface area contributed by atoms with Gasteiger partial charge in [0, 0.05) is 25.5 Å². The SMILES string of the molecule is CCNC(=O)NC(=O)COC(=O)CCNc1ncccn1. The van der Waals surface area contributed by atoms with Crippen LogP contribution in [0.2, 0.25) is 0 Å². The van der Waals surface area contributed by atoms with Crippen molar-refractivity contribution < 1.29 is 19.1 Å². The van der Waals surface area contributed by atoms with Crippen molar-refractivity contribution in [3.63, 3.8) is 0 Å². The van der Waals surface area contributed by atoms with E-state index in [-0.39, 0.29) is 13.0 Å². The normalized spacial score (nSPS) is 9.57. The van der Waals surface area contributed by atoms with E-state index in [9.17, 15) is 14.4 Å². The molecule has 3 amide bonds.